The SMILES string of the molecule is CC1CCC(C(N)=O)CN1C(=O)CC12CC3CC(CC(O)(C3)C1)C2. The second kappa shape index (κ2) is 5.45. The monoisotopic (exact) mass is 334 g/mol. The number of nitrogens with zero attached hydrogens (tertiary/aromatic N) is 1. The summed E-state index contributed by atoms with van der Waals surface area (Å²) in [5.74, 6) is 0.871. The van der Waals surface area contributed by atoms with Crippen molar-refractivity contribution in [2.24, 2.45) is 28.9 Å². The first kappa shape index (κ1) is 16.4. The molecule has 1 saturated heterocycles. The number of amides is 2. The molecule has 1 heterocycles. The summed E-state index contributed by atoms with van der Waals surface area (Å²) in [5.41, 5.74) is 4.95. The molecule has 4 atom stereocenters. The van der Waals surface area contributed by atoms with Gasteiger partial charge in [-0.2, -0.15) is 0 Å². The first-order chi connectivity index (χ1) is 11.3. The fourth-order valence-electron chi connectivity index (χ4n) is 6.72. The van der Waals surface area contributed by atoms with E-state index in [1.807, 2.05) is 4.90 Å². The van der Waals surface area contributed by atoms with Crippen molar-refractivity contribution in [2.45, 2.75) is 76.4 Å². The lowest BCUT2D eigenvalue weighted by Crippen LogP contribution is -2.57. The van der Waals surface area contributed by atoms with Crippen LogP contribution in [0.4, 0.5) is 0 Å². The Labute approximate surface area is 144 Å². The molecule has 134 valence electrons. The number of carbonyl (C=O) groups is 2. The van der Waals surface area contributed by atoms with Crippen LogP contribution in [-0.2, 0) is 9.59 Å². The molecule has 3 N–H and O–H groups in total. The molecular formula is C19H30N2O3. The van der Waals surface area contributed by atoms with E-state index in [2.05, 4.69) is 6.92 Å². The molecule has 4 bridgehead atoms. The van der Waals surface area contributed by atoms with Crippen LogP contribution in [0.25, 0.3) is 0 Å². The molecule has 4 saturated carbocycles. The molecule has 0 spiro atoms. The van der Waals surface area contributed by atoms with Crippen LogP contribution in [0.2, 0.25) is 0 Å². The van der Waals surface area contributed by atoms with Gasteiger partial charge in [-0.05, 0) is 75.5 Å². The number of aliphatic hydroxyl groups is 1. The first-order valence-corrected chi connectivity index (χ1v) is 9.59. The fourth-order valence-corrected chi connectivity index (χ4v) is 6.72. The van der Waals surface area contributed by atoms with Crippen LogP contribution in [0.15, 0.2) is 0 Å². The Balaban J connectivity index is 1.48. The maximum Gasteiger partial charge on any atom is 0.223 e. The van der Waals surface area contributed by atoms with Crippen molar-refractivity contribution >= 4 is 11.8 Å². The van der Waals surface area contributed by atoms with Crippen LogP contribution in [0.3, 0.4) is 0 Å². The highest BCUT2D eigenvalue weighted by atomic mass is 16.3. The molecule has 5 rings (SSSR count). The minimum Gasteiger partial charge on any atom is -0.390 e. The van der Waals surface area contributed by atoms with Gasteiger partial charge in [0.2, 0.25) is 11.8 Å². The van der Waals surface area contributed by atoms with E-state index in [-0.39, 0.29) is 29.2 Å². The molecule has 2 amide bonds. The third kappa shape index (κ3) is 2.75. The second-order valence-corrected chi connectivity index (χ2v) is 9.43. The Morgan fingerprint density at radius 3 is 2.42 bits per heavy atom. The molecule has 5 nitrogen and oxygen atoms in total. The van der Waals surface area contributed by atoms with Gasteiger partial charge in [0.1, 0.15) is 0 Å². The molecule has 4 unspecified atom stereocenters. The van der Waals surface area contributed by atoms with Gasteiger partial charge in [-0.15, -0.1) is 0 Å². The summed E-state index contributed by atoms with van der Waals surface area (Å²) in [6.45, 7) is 2.55. The van der Waals surface area contributed by atoms with E-state index in [9.17, 15) is 14.7 Å². The van der Waals surface area contributed by atoms with Crippen LogP contribution in [0, 0.1) is 23.2 Å². The van der Waals surface area contributed by atoms with Gasteiger partial charge in [-0.1, -0.05) is 0 Å². The average Bonchev–Trinajstić information content (AvgIpc) is 2.43. The molecule has 5 heteroatoms. The zero-order valence-electron chi connectivity index (χ0n) is 14.7. The van der Waals surface area contributed by atoms with Crippen molar-refractivity contribution in [3.63, 3.8) is 0 Å². The van der Waals surface area contributed by atoms with Crippen LogP contribution in [0.1, 0.15) is 64.7 Å². The molecule has 0 aromatic carbocycles. The number of primary amides is 1. The Kier molecular flexibility index (Phi) is 3.72. The van der Waals surface area contributed by atoms with Gasteiger partial charge < -0.3 is 15.7 Å². The van der Waals surface area contributed by atoms with Crippen molar-refractivity contribution in [1.82, 2.24) is 4.90 Å². The number of carbonyl (C=O) groups excluding carboxylic acids is 2. The lowest BCUT2D eigenvalue weighted by atomic mass is 9.47. The Bertz CT molecular complexity index is 547. The predicted molar refractivity (Wildman–Crippen MR) is 89.8 cm³/mol. The highest BCUT2D eigenvalue weighted by Crippen LogP contribution is 2.63. The number of likely N-dealkylation sites (tertiary alicyclic amines) is 1. The summed E-state index contributed by atoms with van der Waals surface area (Å²) in [7, 11) is 0. The zero-order valence-corrected chi connectivity index (χ0v) is 14.7. The van der Waals surface area contributed by atoms with Gasteiger partial charge in [0.25, 0.3) is 0 Å². The summed E-state index contributed by atoms with van der Waals surface area (Å²) in [5, 5.41) is 10.9. The van der Waals surface area contributed by atoms with Gasteiger partial charge in [0.15, 0.2) is 0 Å². The molecule has 5 fully saturated rings. The van der Waals surface area contributed by atoms with E-state index in [4.69, 9.17) is 5.73 Å². The molecule has 4 aliphatic carbocycles. The fraction of sp³-hybridized carbons (Fsp3) is 0.895. The van der Waals surface area contributed by atoms with Crippen LogP contribution >= 0.6 is 0 Å². The molecule has 0 aromatic heterocycles. The number of hydrogen-bond donors (Lipinski definition) is 2. The lowest BCUT2D eigenvalue weighted by Gasteiger charge is -2.60. The van der Waals surface area contributed by atoms with Crippen LogP contribution in [-0.4, -0.2) is 40.0 Å². The molecule has 24 heavy (non-hydrogen) atoms. The normalized spacial score (nSPS) is 47.0. The summed E-state index contributed by atoms with van der Waals surface area (Å²) in [6.07, 6.45) is 8.27. The van der Waals surface area contributed by atoms with Crippen molar-refractivity contribution in [3.8, 4) is 0 Å². The molecule has 1 aliphatic heterocycles. The van der Waals surface area contributed by atoms with Gasteiger partial charge >= 0.3 is 0 Å². The molecular weight excluding hydrogens is 304 g/mol. The maximum atomic E-state index is 13.1. The molecule has 5 aliphatic rings. The van der Waals surface area contributed by atoms with Gasteiger partial charge in [0.05, 0.1) is 11.5 Å². The standard InChI is InChI=1S/C19H30N2O3/c1-12-2-3-15(17(20)23)10-21(12)16(22)9-18-5-13-4-14(6-18)8-19(24,7-13)11-18/h12-15,24H,2-11H2,1H3,(H2,20,23). The summed E-state index contributed by atoms with van der Waals surface area (Å²) in [6, 6.07) is 0.185. The van der Waals surface area contributed by atoms with E-state index in [0.717, 1.165) is 44.9 Å². The minimum absolute atomic E-state index is 0.00466. The van der Waals surface area contributed by atoms with Crippen LogP contribution < -0.4 is 5.73 Å². The maximum absolute atomic E-state index is 13.1. The van der Waals surface area contributed by atoms with E-state index in [0.29, 0.717) is 24.8 Å². The minimum atomic E-state index is -0.520. The van der Waals surface area contributed by atoms with Gasteiger partial charge in [-0.3, -0.25) is 9.59 Å². The van der Waals surface area contributed by atoms with E-state index >= 15 is 0 Å². The third-order valence-electron chi connectivity index (χ3n) is 7.28. The van der Waals surface area contributed by atoms with Gasteiger partial charge in [0, 0.05) is 19.0 Å². The van der Waals surface area contributed by atoms with Crippen molar-refractivity contribution in [2.75, 3.05) is 6.54 Å². The summed E-state index contributed by atoms with van der Waals surface area (Å²) in [4.78, 5) is 26.5. The highest BCUT2D eigenvalue weighted by molar-refractivity contribution is 5.81. The summed E-state index contributed by atoms with van der Waals surface area (Å²) < 4.78 is 0. The summed E-state index contributed by atoms with van der Waals surface area (Å²) >= 11 is 0. The van der Waals surface area contributed by atoms with Gasteiger partial charge in [-0.25, -0.2) is 0 Å². The zero-order chi connectivity index (χ0) is 17.1. The quantitative estimate of drug-likeness (QED) is 0.826. The number of rotatable bonds is 3. The smallest absolute Gasteiger partial charge is 0.223 e. The average molecular weight is 334 g/mol. The third-order valence-corrected chi connectivity index (χ3v) is 7.28. The number of piperidine rings is 1. The topological polar surface area (TPSA) is 83.6 Å². The van der Waals surface area contributed by atoms with E-state index in [1.165, 1.54) is 6.42 Å². The Hall–Kier alpha value is -1.10. The predicted octanol–water partition coefficient (Wildman–Crippen LogP) is 1.82. The Morgan fingerprint density at radius 2 is 1.83 bits per heavy atom. The van der Waals surface area contributed by atoms with Crippen molar-refractivity contribution in [3.05, 3.63) is 0 Å². The first-order valence-electron chi connectivity index (χ1n) is 9.59. The van der Waals surface area contributed by atoms with E-state index < -0.39 is 5.60 Å². The van der Waals surface area contributed by atoms with Crippen LogP contribution in [0.5, 0.6) is 0 Å². The number of hydrogen-bond acceptors (Lipinski definition) is 3. The second-order valence-electron chi connectivity index (χ2n) is 9.43. The van der Waals surface area contributed by atoms with Crippen molar-refractivity contribution < 1.29 is 14.7 Å². The molecule has 0 radical (unpaired) electrons. The largest absolute Gasteiger partial charge is 0.390 e. The van der Waals surface area contributed by atoms with E-state index in [1.54, 1.807) is 0 Å². The molecule has 0 aromatic rings. The Morgan fingerprint density at radius 1 is 1.17 bits per heavy atom. The van der Waals surface area contributed by atoms with Crippen molar-refractivity contribution in [1.29, 1.82) is 0 Å². The highest BCUT2D eigenvalue weighted by Gasteiger charge is 2.57. The lowest BCUT2D eigenvalue weighted by molar-refractivity contribution is -0.173. The number of nitrogens with two attached hydrogens (primary N) is 1.